The predicted molar refractivity (Wildman–Crippen MR) is 79.4 cm³/mol. The van der Waals surface area contributed by atoms with E-state index >= 15 is 0 Å². The van der Waals surface area contributed by atoms with Crippen molar-refractivity contribution in [3.8, 4) is 0 Å². The van der Waals surface area contributed by atoms with Gasteiger partial charge >= 0.3 is 5.97 Å². The van der Waals surface area contributed by atoms with Crippen molar-refractivity contribution in [2.45, 2.75) is 51.1 Å². The van der Waals surface area contributed by atoms with E-state index in [9.17, 15) is 4.79 Å². The van der Waals surface area contributed by atoms with E-state index in [0.29, 0.717) is 12.0 Å². The molecule has 19 heavy (non-hydrogen) atoms. The Balaban J connectivity index is 2.26. The van der Waals surface area contributed by atoms with Gasteiger partial charge in [0.15, 0.2) is 0 Å². The van der Waals surface area contributed by atoms with Crippen molar-refractivity contribution in [1.29, 1.82) is 0 Å². The largest absolute Gasteiger partial charge is 0.468 e. The first kappa shape index (κ1) is 16.8. The smallest absolute Gasteiger partial charge is 0.325 e. The van der Waals surface area contributed by atoms with Crippen molar-refractivity contribution in [3.05, 3.63) is 0 Å². The molecule has 1 aliphatic rings. The van der Waals surface area contributed by atoms with E-state index < -0.39 is 5.54 Å². The third-order valence-electron chi connectivity index (χ3n) is 3.42. The molecule has 0 aromatic heterocycles. The highest BCUT2D eigenvalue weighted by Crippen LogP contribution is 2.26. The second-order valence-electron chi connectivity index (χ2n) is 5.71. The number of methoxy groups -OCH3 is 1. The summed E-state index contributed by atoms with van der Waals surface area (Å²) in [7, 11) is 1.45. The summed E-state index contributed by atoms with van der Waals surface area (Å²) in [6, 6.07) is 0.492. The minimum atomic E-state index is -0.543. The first-order valence-electron chi connectivity index (χ1n) is 7.06. The van der Waals surface area contributed by atoms with Crippen LogP contribution in [0.4, 0.5) is 0 Å². The summed E-state index contributed by atoms with van der Waals surface area (Å²) in [5.74, 6) is 2.18. The van der Waals surface area contributed by atoms with E-state index in [2.05, 4.69) is 5.32 Å². The Labute approximate surface area is 120 Å². The second-order valence-corrected chi connectivity index (χ2v) is 6.86. The zero-order chi connectivity index (χ0) is 14.3. The van der Waals surface area contributed by atoms with E-state index in [0.717, 1.165) is 37.2 Å². The molecule has 112 valence electrons. The number of carbonyl (C=O) groups excluding carboxylic acids is 1. The number of hydrogen-bond acceptors (Lipinski definition) is 5. The highest BCUT2D eigenvalue weighted by molar-refractivity contribution is 7.99. The number of rotatable bonds is 10. The molecule has 1 saturated carbocycles. The van der Waals surface area contributed by atoms with Gasteiger partial charge in [0.1, 0.15) is 5.54 Å². The molecule has 0 heterocycles. The number of thioether (sulfide) groups is 1. The van der Waals surface area contributed by atoms with Gasteiger partial charge in [-0.25, -0.2) is 0 Å². The topological polar surface area (TPSA) is 58.6 Å². The first-order chi connectivity index (χ1) is 9.01. The average Bonchev–Trinajstić information content (AvgIpc) is 3.20. The van der Waals surface area contributed by atoms with Crippen LogP contribution in [0.5, 0.6) is 0 Å². The summed E-state index contributed by atoms with van der Waals surface area (Å²) in [6.07, 6.45) is 4.11. The summed E-state index contributed by atoms with van der Waals surface area (Å²) in [5.41, 5.74) is -0.543. The SMILES string of the molecule is COC(=O)C(C)(CCCSCC(C)CO)NC1CC1. The lowest BCUT2D eigenvalue weighted by molar-refractivity contribution is -0.148. The second kappa shape index (κ2) is 8.12. The molecule has 0 saturated heterocycles. The number of carbonyl (C=O) groups is 1. The average molecular weight is 289 g/mol. The fraction of sp³-hybridized carbons (Fsp3) is 0.929. The number of nitrogens with one attached hydrogen (secondary N) is 1. The third-order valence-corrected chi connectivity index (χ3v) is 4.80. The van der Waals surface area contributed by atoms with E-state index in [1.807, 2.05) is 25.6 Å². The highest BCUT2D eigenvalue weighted by atomic mass is 32.2. The van der Waals surface area contributed by atoms with Crippen LogP contribution in [0.25, 0.3) is 0 Å². The molecule has 2 atom stereocenters. The van der Waals surface area contributed by atoms with Gasteiger partial charge in [0.2, 0.25) is 0 Å². The standard InChI is InChI=1S/C14H27NO3S/c1-11(9-16)10-19-8-4-7-14(2,13(17)18-3)15-12-5-6-12/h11-12,15-16H,4-10H2,1-3H3. The van der Waals surface area contributed by atoms with Crippen LogP contribution in [-0.2, 0) is 9.53 Å². The molecule has 1 aliphatic carbocycles. The van der Waals surface area contributed by atoms with E-state index in [4.69, 9.17) is 9.84 Å². The Morgan fingerprint density at radius 3 is 2.79 bits per heavy atom. The van der Waals surface area contributed by atoms with Crippen LogP contribution in [0.2, 0.25) is 0 Å². The minimum Gasteiger partial charge on any atom is -0.468 e. The number of hydrogen-bond donors (Lipinski definition) is 2. The lowest BCUT2D eigenvalue weighted by Gasteiger charge is -2.28. The van der Waals surface area contributed by atoms with Gasteiger partial charge in [-0.3, -0.25) is 10.1 Å². The molecular formula is C14H27NO3S. The fourth-order valence-corrected chi connectivity index (χ4v) is 3.02. The lowest BCUT2D eigenvalue weighted by atomic mass is 9.96. The lowest BCUT2D eigenvalue weighted by Crippen LogP contribution is -2.51. The Kier molecular flexibility index (Phi) is 7.18. The van der Waals surface area contributed by atoms with Crippen molar-refractivity contribution in [1.82, 2.24) is 5.32 Å². The van der Waals surface area contributed by atoms with E-state index in [-0.39, 0.29) is 12.6 Å². The summed E-state index contributed by atoms with van der Waals surface area (Å²) in [4.78, 5) is 11.9. The fourth-order valence-electron chi connectivity index (χ4n) is 2.00. The third kappa shape index (κ3) is 6.15. The van der Waals surface area contributed by atoms with Crippen molar-refractivity contribution in [3.63, 3.8) is 0 Å². The Bertz CT molecular complexity index is 284. The van der Waals surface area contributed by atoms with Gasteiger partial charge in [-0.15, -0.1) is 0 Å². The summed E-state index contributed by atoms with van der Waals surface area (Å²) >= 11 is 1.84. The maximum atomic E-state index is 11.9. The van der Waals surface area contributed by atoms with Gasteiger partial charge in [0, 0.05) is 12.6 Å². The van der Waals surface area contributed by atoms with Gasteiger partial charge in [-0.2, -0.15) is 11.8 Å². The normalized spacial score (nSPS) is 19.8. The van der Waals surface area contributed by atoms with Crippen LogP contribution in [0.15, 0.2) is 0 Å². The Morgan fingerprint density at radius 2 is 2.26 bits per heavy atom. The zero-order valence-corrected chi connectivity index (χ0v) is 13.1. The molecule has 2 N–H and O–H groups in total. The van der Waals surface area contributed by atoms with Gasteiger partial charge < -0.3 is 9.84 Å². The van der Waals surface area contributed by atoms with E-state index in [1.54, 1.807) is 0 Å². The maximum Gasteiger partial charge on any atom is 0.325 e. The van der Waals surface area contributed by atoms with Crippen molar-refractivity contribution >= 4 is 17.7 Å². The van der Waals surface area contributed by atoms with Gasteiger partial charge in [-0.1, -0.05) is 6.92 Å². The van der Waals surface area contributed by atoms with Crippen LogP contribution in [-0.4, -0.2) is 47.9 Å². The quantitative estimate of drug-likeness (QED) is 0.474. The molecule has 4 nitrogen and oxygen atoms in total. The van der Waals surface area contributed by atoms with Crippen molar-refractivity contribution in [2.75, 3.05) is 25.2 Å². The first-order valence-corrected chi connectivity index (χ1v) is 8.22. The van der Waals surface area contributed by atoms with Crippen molar-refractivity contribution in [2.24, 2.45) is 5.92 Å². The van der Waals surface area contributed by atoms with Crippen LogP contribution in [0, 0.1) is 5.92 Å². The van der Waals surface area contributed by atoms with Crippen LogP contribution < -0.4 is 5.32 Å². The Morgan fingerprint density at radius 1 is 1.58 bits per heavy atom. The molecule has 0 aromatic carbocycles. The number of ether oxygens (including phenoxy) is 1. The number of aliphatic hydroxyl groups excluding tert-OH is 1. The van der Waals surface area contributed by atoms with Gasteiger partial charge in [0.05, 0.1) is 7.11 Å². The van der Waals surface area contributed by atoms with Crippen LogP contribution in [0.1, 0.15) is 39.5 Å². The predicted octanol–water partition coefficient (Wildman–Crippen LogP) is 1.81. The molecule has 5 heteroatoms. The van der Waals surface area contributed by atoms with E-state index in [1.165, 1.54) is 7.11 Å². The molecule has 2 unspecified atom stereocenters. The molecule has 1 fully saturated rings. The summed E-state index contributed by atoms with van der Waals surface area (Å²) in [5, 5.41) is 12.4. The maximum absolute atomic E-state index is 11.9. The van der Waals surface area contributed by atoms with Gasteiger partial charge in [-0.05, 0) is 50.0 Å². The van der Waals surface area contributed by atoms with Gasteiger partial charge in [0.25, 0.3) is 0 Å². The zero-order valence-electron chi connectivity index (χ0n) is 12.3. The molecule has 0 bridgehead atoms. The molecule has 0 spiro atoms. The molecule has 0 amide bonds. The Hall–Kier alpha value is -0.260. The monoisotopic (exact) mass is 289 g/mol. The summed E-state index contributed by atoms with van der Waals surface area (Å²) in [6.45, 7) is 4.23. The molecule has 0 aliphatic heterocycles. The molecule has 0 radical (unpaired) electrons. The number of esters is 1. The molecular weight excluding hydrogens is 262 g/mol. The molecule has 1 rings (SSSR count). The molecule has 0 aromatic rings. The minimum absolute atomic E-state index is 0.159. The highest BCUT2D eigenvalue weighted by Gasteiger charge is 2.38. The summed E-state index contributed by atoms with van der Waals surface area (Å²) < 4.78 is 4.92. The van der Waals surface area contributed by atoms with Crippen LogP contribution in [0.3, 0.4) is 0 Å². The van der Waals surface area contributed by atoms with Crippen LogP contribution >= 0.6 is 11.8 Å². The van der Waals surface area contributed by atoms with Crippen molar-refractivity contribution < 1.29 is 14.6 Å². The number of aliphatic hydroxyl groups is 1.